The summed E-state index contributed by atoms with van der Waals surface area (Å²) in [6, 6.07) is 8.65. The van der Waals surface area contributed by atoms with Crippen molar-refractivity contribution in [3.8, 4) is 0 Å². The minimum Gasteiger partial charge on any atom is -0.378 e. The second kappa shape index (κ2) is 9.91. The first-order chi connectivity index (χ1) is 14.1. The fourth-order valence-electron chi connectivity index (χ4n) is 3.44. The van der Waals surface area contributed by atoms with E-state index in [1.54, 1.807) is 25.7 Å². The highest BCUT2D eigenvalue weighted by Crippen LogP contribution is 2.24. The molecule has 4 rings (SSSR count). The normalized spacial score (nSPS) is 14.7. The molecule has 0 N–H and O–H groups in total. The fourth-order valence-corrected chi connectivity index (χ4v) is 3.44. The lowest BCUT2D eigenvalue weighted by Gasteiger charge is -2.39. The number of hydrogen-bond donors (Lipinski definition) is 0. The summed E-state index contributed by atoms with van der Waals surface area (Å²) in [5, 5.41) is 0. The van der Waals surface area contributed by atoms with E-state index in [-0.39, 0.29) is 30.2 Å². The molecule has 3 heterocycles. The summed E-state index contributed by atoms with van der Waals surface area (Å²) in [6.45, 7) is 3.76. The number of hydrogen-bond acceptors (Lipinski definition) is 6. The summed E-state index contributed by atoms with van der Waals surface area (Å²) in [5.41, 5.74) is 2.85. The summed E-state index contributed by atoms with van der Waals surface area (Å²) in [5.74, 6) is 1.64. The van der Waals surface area contributed by atoms with E-state index in [4.69, 9.17) is 14.7 Å². The number of rotatable bonds is 7. The second-order valence-corrected chi connectivity index (χ2v) is 7.43. The summed E-state index contributed by atoms with van der Waals surface area (Å²) in [6.07, 6.45) is 6.63. The third-order valence-electron chi connectivity index (χ3n) is 5.22. The van der Waals surface area contributed by atoms with Gasteiger partial charge in [-0.2, -0.15) is 0 Å². The first kappa shape index (κ1) is 22.1. The van der Waals surface area contributed by atoms with Crippen LogP contribution in [0.2, 0.25) is 0 Å². The van der Waals surface area contributed by atoms with Crippen molar-refractivity contribution >= 4 is 18.2 Å². The van der Waals surface area contributed by atoms with Gasteiger partial charge in [0.2, 0.25) is 0 Å². The maximum absolute atomic E-state index is 13.2. The van der Waals surface area contributed by atoms with Gasteiger partial charge >= 0.3 is 0 Å². The van der Waals surface area contributed by atoms with Gasteiger partial charge in [0.1, 0.15) is 17.5 Å². The number of ether oxygens (including phenoxy) is 1. The number of nitrogens with zero attached hydrogens (tertiary/aromatic N) is 5. The maximum Gasteiger partial charge on any atom is 0.132 e. The molecule has 0 unspecified atom stereocenters. The number of methoxy groups -OCH3 is 1. The van der Waals surface area contributed by atoms with E-state index in [9.17, 15) is 4.39 Å². The standard InChI is InChI=1S/C22H24FN5O.ClH/c1-15(16-3-5-17(23)6-4-16)9-21-26-18(10-19-12-24-7-8-25-19)11-22(27-21)28-13-20(14-28)29-2;/h3-8,11-12,15,20H,9-10,13-14H2,1-2H3;1H/t15-;/m1./s1. The Morgan fingerprint density at radius 2 is 1.90 bits per heavy atom. The Labute approximate surface area is 182 Å². The molecule has 6 nitrogen and oxygen atoms in total. The predicted molar refractivity (Wildman–Crippen MR) is 116 cm³/mol. The van der Waals surface area contributed by atoms with E-state index in [1.807, 2.05) is 18.2 Å². The van der Waals surface area contributed by atoms with Gasteiger partial charge in [0.15, 0.2) is 0 Å². The molecule has 30 heavy (non-hydrogen) atoms. The molecule has 8 heteroatoms. The van der Waals surface area contributed by atoms with Gasteiger partial charge in [-0.3, -0.25) is 9.97 Å². The molecule has 0 saturated carbocycles. The third kappa shape index (κ3) is 5.29. The van der Waals surface area contributed by atoms with Gasteiger partial charge in [-0.15, -0.1) is 12.4 Å². The SMILES string of the molecule is COC1CN(c2cc(Cc3cnccn3)nc(C[C@@H](C)c3ccc(F)cc3)n2)C1.Cl. The monoisotopic (exact) mass is 429 g/mol. The largest absolute Gasteiger partial charge is 0.378 e. The zero-order chi connectivity index (χ0) is 20.2. The third-order valence-corrected chi connectivity index (χ3v) is 5.22. The summed E-state index contributed by atoms with van der Waals surface area (Å²) in [4.78, 5) is 20.3. The molecule has 158 valence electrons. The van der Waals surface area contributed by atoms with Gasteiger partial charge in [0.05, 0.1) is 17.5 Å². The van der Waals surface area contributed by atoms with Crippen LogP contribution in [0.5, 0.6) is 0 Å². The molecular weight excluding hydrogens is 405 g/mol. The average Bonchev–Trinajstić information content (AvgIpc) is 2.68. The van der Waals surface area contributed by atoms with Crippen LogP contribution in [0, 0.1) is 5.82 Å². The molecule has 1 aliphatic heterocycles. The minimum atomic E-state index is -0.226. The van der Waals surface area contributed by atoms with Gasteiger partial charge in [0, 0.05) is 57.7 Å². The van der Waals surface area contributed by atoms with Gasteiger partial charge in [-0.05, 0) is 23.6 Å². The highest BCUT2D eigenvalue weighted by molar-refractivity contribution is 5.85. The van der Waals surface area contributed by atoms with Crippen molar-refractivity contribution in [1.82, 2.24) is 19.9 Å². The summed E-state index contributed by atoms with van der Waals surface area (Å²) < 4.78 is 18.6. The van der Waals surface area contributed by atoms with Crippen molar-refractivity contribution in [3.05, 3.63) is 77.5 Å². The van der Waals surface area contributed by atoms with Gasteiger partial charge < -0.3 is 9.64 Å². The smallest absolute Gasteiger partial charge is 0.132 e. The van der Waals surface area contributed by atoms with Gasteiger partial charge in [-0.1, -0.05) is 19.1 Å². The molecule has 1 atom stereocenters. The van der Waals surface area contributed by atoms with Crippen molar-refractivity contribution in [2.24, 2.45) is 0 Å². The van der Waals surface area contributed by atoms with Crippen molar-refractivity contribution in [2.75, 3.05) is 25.1 Å². The van der Waals surface area contributed by atoms with Crippen LogP contribution in [-0.4, -0.2) is 46.2 Å². The van der Waals surface area contributed by atoms with Crippen molar-refractivity contribution in [1.29, 1.82) is 0 Å². The van der Waals surface area contributed by atoms with Crippen LogP contribution >= 0.6 is 12.4 Å². The Morgan fingerprint density at radius 1 is 1.13 bits per heavy atom. The maximum atomic E-state index is 13.2. The zero-order valence-corrected chi connectivity index (χ0v) is 17.8. The van der Waals surface area contributed by atoms with Crippen molar-refractivity contribution in [3.63, 3.8) is 0 Å². The second-order valence-electron chi connectivity index (χ2n) is 7.43. The van der Waals surface area contributed by atoms with Crippen LogP contribution in [0.1, 0.15) is 35.6 Å². The molecule has 0 aliphatic carbocycles. The average molecular weight is 430 g/mol. The summed E-state index contributed by atoms with van der Waals surface area (Å²) >= 11 is 0. The Morgan fingerprint density at radius 3 is 2.57 bits per heavy atom. The van der Waals surface area contributed by atoms with E-state index in [2.05, 4.69) is 21.8 Å². The van der Waals surface area contributed by atoms with Gasteiger partial charge in [-0.25, -0.2) is 14.4 Å². The quantitative estimate of drug-likeness (QED) is 0.571. The molecule has 0 bridgehead atoms. The number of anilines is 1. The highest BCUT2D eigenvalue weighted by Gasteiger charge is 2.28. The summed E-state index contributed by atoms with van der Waals surface area (Å²) in [7, 11) is 1.73. The fraction of sp³-hybridized carbons (Fsp3) is 0.364. The lowest BCUT2D eigenvalue weighted by atomic mass is 9.97. The van der Waals surface area contributed by atoms with Crippen LogP contribution in [0.15, 0.2) is 48.9 Å². The predicted octanol–water partition coefficient (Wildman–Crippen LogP) is 3.60. The molecule has 1 aromatic carbocycles. The Balaban J connectivity index is 0.00000256. The number of benzene rings is 1. The molecule has 1 aliphatic rings. The van der Waals surface area contributed by atoms with Crippen LogP contribution in [0.3, 0.4) is 0 Å². The first-order valence-electron chi connectivity index (χ1n) is 9.75. The Bertz CT molecular complexity index is 952. The topological polar surface area (TPSA) is 64.0 Å². The molecule has 0 amide bonds. The van der Waals surface area contributed by atoms with E-state index >= 15 is 0 Å². The highest BCUT2D eigenvalue weighted by atomic mass is 35.5. The van der Waals surface area contributed by atoms with Crippen molar-refractivity contribution < 1.29 is 9.13 Å². The molecule has 2 aromatic heterocycles. The lowest BCUT2D eigenvalue weighted by Crippen LogP contribution is -2.52. The molecule has 1 fully saturated rings. The number of halogens is 2. The van der Waals surface area contributed by atoms with E-state index in [0.29, 0.717) is 12.8 Å². The lowest BCUT2D eigenvalue weighted by molar-refractivity contribution is 0.0782. The van der Waals surface area contributed by atoms with E-state index < -0.39 is 0 Å². The number of aromatic nitrogens is 4. The zero-order valence-electron chi connectivity index (χ0n) is 17.0. The Kier molecular flexibility index (Phi) is 7.29. The molecule has 3 aromatic rings. The minimum absolute atomic E-state index is 0. The van der Waals surface area contributed by atoms with Crippen LogP contribution < -0.4 is 4.90 Å². The molecular formula is C22H25ClFN5O. The molecule has 0 spiro atoms. The van der Waals surface area contributed by atoms with Crippen molar-refractivity contribution in [2.45, 2.75) is 31.8 Å². The van der Waals surface area contributed by atoms with Crippen LogP contribution in [0.4, 0.5) is 10.2 Å². The first-order valence-corrected chi connectivity index (χ1v) is 9.75. The van der Waals surface area contributed by atoms with Gasteiger partial charge in [0.25, 0.3) is 0 Å². The van der Waals surface area contributed by atoms with E-state index in [0.717, 1.165) is 41.7 Å². The molecule has 1 saturated heterocycles. The molecule has 0 radical (unpaired) electrons. The Hall–Kier alpha value is -2.64. The van der Waals surface area contributed by atoms with E-state index in [1.165, 1.54) is 12.1 Å². The van der Waals surface area contributed by atoms with Crippen LogP contribution in [-0.2, 0) is 17.6 Å². The van der Waals surface area contributed by atoms with Crippen LogP contribution in [0.25, 0.3) is 0 Å².